The highest BCUT2D eigenvalue weighted by atomic mass is 35.5. The second-order valence-corrected chi connectivity index (χ2v) is 5.40. The molecule has 0 spiro atoms. The smallest absolute Gasteiger partial charge is 0.247 e. The summed E-state index contributed by atoms with van der Waals surface area (Å²) >= 11 is 1.15. The largest absolute Gasteiger partial charge is 0.264 e. The maximum Gasteiger partial charge on any atom is 0.247 e. The van der Waals surface area contributed by atoms with E-state index in [0.717, 1.165) is 21.4 Å². The van der Waals surface area contributed by atoms with Crippen molar-refractivity contribution in [2.75, 3.05) is 0 Å². The molecule has 14 heavy (non-hydrogen) atoms. The van der Waals surface area contributed by atoms with Gasteiger partial charge in [-0.25, -0.2) is 13.6 Å². The molecule has 0 aliphatic carbocycles. The van der Waals surface area contributed by atoms with E-state index in [1.165, 1.54) is 6.07 Å². The molecule has 0 aromatic carbocycles. The summed E-state index contributed by atoms with van der Waals surface area (Å²) in [5.41, 5.74) is 0. The number of sulfonamides is 1. The van der Waals surface area contributed by atoms with Gasteiger partial charge in [-0.3, -0.25) is 4.98 Å². The zero-order chi connectivity index (χ0) is 9.47. The molecule has 2 aromatic heterocycles. The van der Waals surface area contributed by atoms with Crippen molar-refractivity contribution in [2.24, 2.45) is 5.14 Å². The molecule has 76 valence electrons. The highest BCUT2D eigenvalue weighted by Crippen LogP contribution is 2.26. The molecular weight excluding hydrogens is 244 g/mol. The third-order valence-corrected chi connectivity index (χ3v) is 4.11. The average molecular weight is 251 g/mol. The van der Waals surface area contributed by atoms with Crippen LogP contribution in [0.4, 0.5) is 0 Å². The standard InChI is InChI=1S/C7H6N2O2S2.ClH/c8-13(10,11)7-3-5-4-9-2-1-6(5)12-7;/h1-4H,(H2,8,10,11);1H. The van der Waals surface area contributed by atoms with Crippen LogP contribution in [0.2, 0.25) is 0 Å². The van der Waals surface area contributed by atoms with Crippen molar-refractivity contribution < 1.29 is 8.42 Å². The van der Waals surface area contributed by atoms with Gasteiger partial charge in [-0.15, -0.1) is 23.7 Å². The molecule has 7 heteroatoms. The number of hydrogen-bond donors (Lipinski definition) is 1. The molecule has 0 aliphatic rings. The van der Waals surface area contributed by atoms with Crippen molar-refractivity contribution in [1.29, 1.82) is 0 Å². The summed E-state index contributed by atoms with van der Waals surface area (Å²) in [5.74, 6) is 0. The van der Waals surface area contributed by atoms with E-state index in [-0.39, 0.29) is 16.6 Å². The fraction of sp³-hybridized carbons (Fsp3) is 0. The zero-order valence-corrected chi connectivity index (χ0v) is 9.32. The molecule has 0 amide bonds. The van der Waals surface area contributed by atoms with Crippen molar-refractivity contribution in [3.05, 3.63) is 24.5 Å². The van der Waals surface area contributed by atoms with Gasteiger partial charge < -0.3 is 0 Å². The minimum absolute atomic E-state index is 0. The molecule has 2 rings (SSSR count). The predicted molar refractivity (Wildman–Crippen MR) is 58.2 cm³/mol. The SMILES string of the molecule is Cl.NS(=O)(=O)c1cc2cnccc2s1. The van der Waals surface area contributed by atoms with Crippen LogP contribution in [0, 0.1) is 0 Å². The summed E-state index contributed by atoms with van der Waals surface area (Å²) in [7, 11) is -3.57. The summed E-state index contributed by atoms with van der Waals surface area (Å²) < 4.78 is 23.0. The minimum Gasteiger partial charge on any atom is -0.264 e. The third kappa shape index (κ3) is 2.03. The number of hydrogen-bond acceptors (Lipinski definition) is 4. The van der Waals surface area contributed by atoms with Gasteiger partial charge in [0.1, 0.15) is 4.21 Å². The number of nitrogens with two attached hydrogens (primary N) is 1. The molecular formula is C7H7ClN2O2S2. The number of primary sulfonamides is 1. The lowest BCUT2D eigenvalue weighted by Crippen LogP contribution is -2.09. The van der Waals surface area contributed by atoms with Crippen molar-refractivity contribution in [3.8, 4) is 0 Å². The Bertz CT molecular complexity index is 517. The third-order valence-electron chi connectivity index (χ3n) is 1.57. The van der Waals surface area contributed by atoms with E-state index in [9.17, 15) is 8.42 Å². The number of rotatable bonds is 1. The lowest BCUT2D eigenvalue weighted by Gasteiger charge is -1.86. The number of nitrogens with zero attached hydrogens (tertiary/aromatic N) is 1. The Morgan fingerprint density at radius 2 is 2.14 bits per heavy atom. The van der Waals surface area contributed by atoms with E-state index in [2.05, 4.69) is 4.98 Å². The van der Waals surface area contributed by atoms with Crippen molar-refractivity contribution in [2.45, 2.75) is 4.21 Å². The van der Waals surface area contributed by atoms with E-state index < -0.39 is 10.0 Å². The zero-order valence-electron chi connectivity index (χ0n) is 6.88. The number of aromatic nitrogens is 1. The first-order valence-electron chi connectivity index (χ1n) is 3.44. The fourth-order valence-corrected chi connectivity index (χ4v) is 2.79. The number of fused-ring (bicyclic) bond motifs is 1. The van der Waals surface area contributed by atoms with E-state index in [1.54, 1.807) is 18.5 Å². The van der Waals surface area contributed by atoms with E-state index in [0.29, 0.717) is 0 Å². The predicted octanol–water partition coefficient (Wildman–Crippen LogP) is 1.37. The van der Waals surface area contributed by atoms with Gasteiger partial charge in [-0.05, 0) is 12.1 Å². The van der Waals surface area contributed by atoms with Crippen molar-refractivity contribution >= 4 is 43.9 Å². The second-order valence-electron chi connectivity index (χ2n) is 2.52. The van der Waals surface area contributed by atoms with Gasteiger partial charge in [0.05, 0.1) is 0 Å². The number of pyridine rings is 1. The summed E-state index contributed by atoms with van der Waals surface area (Å²) in [6.07, 6.45) is 3.23. The molecule has 0 fully saturated rings. The fourth-order valence-electron chi connectivity index (χ4n) is 1.00. The summed E-state index contributed by atoms with van der Waals surface area (Å²) in [6.45, 7) is 0. The quantitative estimate of drug-likeness (QED) is 0.831. The molecule has 0 bridgehead atoms. The maximum absolute atomic E-state index is 11.0. The first-order valence-corrected chi connectivity index (χ1v) is 5.80. The van der Waals surface area contributed by atoms with E-state index in [4.69, 9.17) is 5.14 Å². The van der Waals surface area contributed by atoms with Crippen LogP contribution in [0.15, 0.2) is 28.7 Å². The average Bonchev–Trinajstić information content (AvgIpc) is 2.45. The molecule has 0 aliphatic heterocycles. The van der Waals surface area contributed by atoms with Crippen LogP contribution in [0.1, 0.15) is 0 Å². The van der Waals surface area contributed by atoms with Crippen molar-refractivity contribution in [3.63, 3.8) is 0 Å². The van der Waals surface area contributed by atoms with E-state index in [1.807, 2.05) is 0 Å². The Morgan fingerprint density at radius 3 is 2.71 bits per heavy atom. The lowest BCUT2D eigenvalue weighted by atomic mass is 10.4. The summed E-state index contributed by atoms with van der Waals surface area (Å²) in [5, 5.41) is 5.79. The molecule has 2 heterocycles. The van der Waals surface area contributed by atoms with Crippen LogP contribution in [-0.4, -0.2) is 13.4 Å². The van der Waals surface area contributed by atoms with Gasteiger partial charge in [0, 0.05) is 22.5 Å². The normalized spacial score (nSPS) is 11.2. The second kappa shape index (κ2) is 3.82. The Balaban J connectivity index is 0.000000980. The number of halogens is 1. The molecule has 2 N–H and O–H groups in total. The van der Waals surface area contributed by atoms with Crippen LogP contribution >= 0.6 is 23.7 Å². The van der Waals surface area contributed by atoms with Crippen molar-refractivity contribution in [1.82, 2.24) is 4.98 Å². The molecule has 2 aromatic rings. The maximum atomic E-state index is 11.0. The molecule has 0 saturated heterocycles. The molecule has 0 saturated carbocycles. The van der Waals surface area contributed by atoms with E-state index >= 15 is 0 Å². The van der Waals surface area contributed by atoms with Crippen LogP contribution in [0.3, 0.4) is 0 Å². The molecule has 4 nitrogen and oxygen atoms in total. The lowest BCUT2D eigenvalue weighted by molar-refractivity contribution is 0.600. The Kier molecular flexibility index (Phi) is 3.10. The topological polar surface area (TPSA) is 73.1 Å². The Labute approximate surface area is 91.2 Å². The number of thiophene rings is 1. The van der Waals surface area contributed by atoms with Gasteiger partial charge in [0.15, 0.2) is 0 Å². The molecule has 0 atom stereocenters. The first-order chi connectivity index (χ1) is 6.07. The van der Waals surface area contributed by atoms with Gasteiger partial charge in [0.25, 0.3) is 0 Å². The van der Waals surface area contributed by atoms with Crippen LogP contribution in [0.5, 0.6) is 0 Å². The van der Waals surface area contributed by atoms with Gasteiger partial charge >= 0.3 is 0 Å². The van der Waals surface area contributed by atoms with Crippen LogP contribution < -0.4 is 5.14 Å². The molecule has 0 radical (unpaired) electrons. The Morgan fingerprint density at radius 1 is 1.43 bits per heavy atom. The summed E-state index contributed by atoms with van der Waals surface area (Å²) in [4.78, 5) is 3.88. The first kappa shape index (κ1) is 11.4. The van der Waals surface area contributed by atoms with Gasteiger partial charge in [-0.2, -0.15) is 0 Å². The Hall–Kier alpha value is -0.690. The molecule has 0 unspecified atom stereocenters. The minimum atomic E-state index is -3.57. The monoisotopic (exact) mass is 250 g/mol. The van der Waals surface area contributed by atoms with Crippen LogP contribution in [0.25, 0.3) is 10.1 Å². The highest BCUT2D eigenvalue weighted by Gasteiger charge is 2.11. The van der Waals surface area contributed by atoms with Gasteiger partial charge in [-0.1, -0.05) is 0 Å². The summed E-state index contributed by atoms with van der Waals surface area (Å²) in [6, 6.07) is 3.29. The van der Waals surface area contributed by atoms with Gasteiger partial charge in [0.2, 0.25) is 10.0 Å². The van der Waals surface area contributed by atoms with Crippen LogP contribution in [-0.2, 0) is 10.0 Å². The highest BCUT2D eigenvalue weighted by molar-refractivity contribution is 7.91.